The maximum Gasteiger partial charge on any atom is 0.146 e. The molecule has 1 aromatic heterocycles. The maximum absolute atomic E-state index is 10.2. The van der Waals surface area contributed by atoms with E-state index in [4.69, 9.17) is 4.74 Å². The number of nitrogens with zero attached hydrogens (tertiary/aromatic N) is 4. The van der Waals surface area contributed by atoms with E-state index >= 15 is 0 Å². The Labute approximate surface area is 143 Å². The lowest BCUT2D eigenvalue weighted by molar-refractivity contribution is 0.0734. The van der Waals surface area contributed by atoms with Gasteiger partial charge in [0.25, 0.3) is 0 Å². The van der Waals surface area contributed by atoms with Crippen LogP contribution in [0.25, 0.3) is 0 Å². The molecule has 1 unspecified atom stereocenters. The van der Waals surface area contributed by atoms with Crippen LogP contribution in [0, 0.1) is 6.92 Å². The lowest BCUT2D eigenvalue weighted by Gasteiger charge is -2.20. The summed E-state index contributed by atoms with van der Waals surface area (Å²) >= 11 is 0. The van der Waals surface area contributed by atoms with Gasteiger partial charge in [-0.05, 0) is 44.5 Å². The summed E-state index contributed by atoms with van der Waals surface area (Å²) in [4.78, 5) is 2.05. The van der Waals surface area contributed by atoms with Gasteiger partial charge < -0.3 is 14.4 Å². The van der Waals surface area contributed by atoms with Crippen molar-refractivity contribution in [2.24, 2.45) is 7.05 Å². The molecule has 0 radical (unpaired) electrons. The quantitative estimate of drug-likeness (QED) is 0.800. The fourth-order valence-corrected chi connectivity index (χ4v) is 2.83. The van der Waals surface area contributed by atoms with Crippen LogP contribution in [0.2, 0.25) is 0 Å². The van der Waals surface area contributed by atoms with Crippen LogP contribution in [0.1, 0.15) is 36.0 Å². The monoisotopic (exact) mass is 330 g/mol. The van der Waals surface area contributed by atoms with E-state index in [-0.39, 0.29) is 6.61 Å². The second kappa shape index (κ2) is 7.32. The van der Waals surface area contributed by atoms with Crippen molar-refractivity contribution in [1.29, 1.82) is 0 Å². The first-order valence-electron chi connectivity index (χ1n) is 8.47. The molecule has 1 aliphatic rings. The Morgan fingerprint density at radius 3 is 2.88 bits per heavy atom. The predicted octanol–water partition coefficient (Wildman–Crippen LogP) is 1.87. The Hall–Kier alpha value is -1.92. The first-order valence-corrected chi connectivity index (χ1v) is 8.47. The van der Waals surface area contributed by atoms with Gasteiger partial charge in [0.2, 0.25) is 0 Å². The van der Waals surface area contributed by atoms with Gasteiger partial charge in [-0.2, -0.15) is 0 Å². The average Bonchev–Trinajstić information content (AvgIpc) is 3.31. The minimum atomic E-state index is -0.549. The van der Waals surface area contributed by atoms with E-state index in [1.807, 2.05) is 50.2 Å². The van der Waals surface area contributed by atoms with Crippen molar-refractivity contribution in [2.45, 2.75) is 38.3 Å². The Bertz CT molecular complexity index is 681. The van der Waals surface area contributed by atoms with Crippen LogP contribution in [0.4, 0.5) is 0 Å². The van der Waals surface area contributed by atoms with Gasteiger partial charge in [0.1, 0.15) is 30.1 Å². The molecule has 1 heterocycles. The number of rotatable bonds is 8. The Balaban J connectivity index is 1.46. The highest BCUT2D eigenvalue weighted by atomic mass is 16.5. The van der Waals surface area contributed by atoms with E-state index in [2.05, 4.69) is 14.8 Å². The number of aryl methyl sites for hydroxylation is 1. The number of aliphatic hydroxyl groups is 1. The van der Waals surface area contributed by atoms with Crippen LogP contribution in [-0.4, -0.2) is 51.1 Å². The molecular formula is C18H26N4O2. The van der Waals surface area contributed by atoms with E-state index in [0.717, 1.165) is 23.0 Å². The summed E-state index contributed by atoms with van der Waals surface area (Å²) in [5.74, 6) is 3.40. The van der Waals surface area contributed by atoms with Crippen molar-refractivity contribution >= 4 is 0 Å². The molecule has 1 aliphatic carbocycles. The van der Waals surface area contributed by atoms with Crippen molar-refractivity contribution in [3.63, 3.8) is 0 Å². The fraction of sp³-hybridized carbons (Fsp3) is 0.556. The van der Waals surface area contributed by atoms with Gasteiger partial charge in [-0.1, -0.05) is 12.1 Å². The highest BCUT2D eigenvalue weighted by molar-refractivity contribution is 5.27. The summed E-state index contributed by atoms with van der Waals surface area (Å²) < 4.78 is 7.74. The molecule has 1 fully saturated rings. The summed E-state index contributed by atoms with van der Waals surface area (Å²) in [6.07, 6.45) is 1.89. The molecule has 3 rings (SSSR count). The summed E-state index contributed by atoms with van der Waals surface area (Å²) in [6, 6.07) is 7.85. The predicted molar refractivity (Wildman–Crippen MR) is 92.0 cm³/mol. The summed E-state index contributed by atoms with van der Waals surface area (Å²) in [6.45, 7) is 3.49. The highest BCUT2D eigenvalue weighted by Crippen LogP contribution is 2.38. The molecule has 1 aromatic carbocycles. The first-order chi connectivity index (χ1) is 11.5. The molecule has 6 nitrogen and oxygen atoms in total. The van der Waals surface area contributed by atoms with Crippen molar-refractivity contribution < 1.29 is 9.84 Å². The highest BCUT2D eigenvalue weighted by Gasteiger charge is 2.29. The van der Waals surface area contributed by atoms with Gasteiger partial charge >= 0.3 is 0 Å². The lowest BCUT2D eigenvalue weighted by Crippen LogP contribution is -2.33. The zero-order valence-corrected chi connectivity index (χ0v) is 14.6. The van der Waals surface area contributed by atoms with Gasteiger partial charge in [-0.3, -0.25) is 4.90 Å². The molecule has 1 atom stereocenters. The van der Waals surface area contributed by atoms with E-state index in [0.29, 0.717) is 19.0 Å². The second-order valence-electron chi connectivity index (χ2n) is 6.79. The molecule has 1 saturated carbocycles. The van der Waals surface area contributed by atoms with Crippen molar-refractivity contribution in [2.75, 3.05) is 20.2 Å². The lowest BCUT2D eigenvalue weighted by atomic mass is 10.2. The van der Waals surface area contributed by atoms with E-state index in [1.54, 1.807) is 0 Å². The largest absolute Gasteiger partial charge is 0.491 e. The number of aliphatic hydroxyl groups excluding tert-OH is 1. The minimum Gasteiger partial charge on any atom is -0.491 e. The third kappa shape index (κ3) is 4.33. The van der Waals surface area contributed by atoms with Crippen LogP contribution in [0.15, 0.2) is 24.3 Å². The summed E-state index contributed by atoms with van der Waals surface area (Å²) in [5, 5.41) is 18.8. The molecular weight excluding hydrogens is 304 g/mol. The fourth-order valence-electron chi connectivity index (χ4n) is 2.83. The molecule has 0 amide bonds. The molecule has 0 spiro atoms. The van der Waals surface area contributed by atoms with Crippen molar-refractivity contribution in [3.05, 3.63) is 41.5 Å². The SMILES string of the molecule is Cc1cccc(OCC(O)CN(C)Cc2nnc(C3CC3)n2C)c1. The molecule has 0 saturated heterocycles. The van der Waals surface area contributed by atoms with Crippen molar-refractivity contribution in [3.8, 4) is 5.75 Å². The Morgan fingerprint density at radius 1 is 1.38 bits per heavy atom. The van der Waals surface area contributed by atoms with Gasteiger partial charge in [0.05, 0.1) is 6.54 Å². The molecule has 0 bridgehead atoms. The third-order valence-electron chi connectivity index (χ3n) is 4.31. The van der Waals surface area contributed by atoms with Crippen LogP contribution in [0.5, 0.6) is 5.75 Å². The number of aromatic nitrogens is 3. The van der Waals surface area contributed by atoms with Gasteiger partial charge in [-0.15, -0.1) is 10.2 Å². The average molecular weight is 330 g/mol. The van der Waals surface area contributed by atoms with Crippen LogP contribution in [-0.2, 0) is 13.6 Å². The number of likely N-dealkylation sites (N-methyl/N-ethyl adjacent to an activating group) is 1. The normalized spacial score (nSPS) is 15.7. The van der Waals surface area contributed by atoms with Crippen LogP contribution in [0.3, 0.4) is 0 Å². The first kappa shape index (κ1) is 16.9. The smallest absolute Gasteiger partial charge is 0.146 e. The number of hydrogen-bond acceptors (Lipinski definition) is 5. The maximum atomic E-state index is 10.2. The molecule has 6 heteroatoms. The van der Waals surface area contributed by atoms with Gasteiger partial charge in [0, 0.05) is 19.5 Å². The Kier molecular flexibility index (Phi) is 5.16. The molecule has 1 N–H and O–H groups in total. The standard InChI is InChI=1S/C18H26N4O2/c1-13-5-4-6-16(9-13)24-12-15(23)10-21(2)11-17-19-20-18(22(17)3)14-7-8-14/h4-6,9,14-15,23H,7-8,10-12H2,1-3H3. The number of hydrogen-bond donors (Lipinski definition) is 1. The van der Waals surface area contributed by atoms with Crippen LogP contribution < -0.4 is 4.74 Å². The molecule has 0 aliphatic heterocycles. The zero-order chi connectivity index (χ0) is 17.1. The number of benzene rings is 1. The zero-order valence-electron chi connectivity index (χ0n) is 14.6. The minimum absolute atomic E-state index is 0.278. The van der Waals surface area contributed by atoms with Crippen LogP contribution >= 0.6 is 0 Å². The molecule has 2 aromatic rings. The Morgan fingerprint density at radius 2 is 2.17 bits per heavy atom. The van der Waals surface area contributed by atoms with Gasteiger partial charge in [-0.25, -0.2) is 0 Å². The van der Waals surface area contributed by atoms with Crippen molar-refractivity contribution in [1.82, 2.24) is 19.7 Å². The second-order valence-corrected chi connectivity index (χ2v) is 6.79. The summed E-state index contributed by atoms with van der Waals surface area (Å²) in [7, 11) is 4.00. The molecule has 24 heavy (non-hydrogen) atoms. The summed E-state index contributed by atoms with van der Waals surface area (Å²) in [5.41, 5.74) is 1.15. The number of ether oxygens (including phenoxy) is 1. The topological polar surface area (TPSA) is 63.4 Å². The molecule has 130 valence electrons. The third-order valence-corrected chi connectivity index (χ3v) is 4.31. The van der Waals surface area contributed by atoms with E-state index in [9.17, 15) is 5.11 Å². The van der Waals surface area contributed by atoms with E-state index < -0.39 is 6.10 Å². The van der Waals surface area contributed by atoms with Gasteiger partial charge in [0.15, 0.2) is 0 Å². The van der Waals surface area contributed by atoms with E-state index in [1.165, 1.54) is 12.8 Å².